The Morgan fingerprint density at radius 1 is 1.15 bits per heavy atom. The first-order chi connectivity index (χ1) is 12.1. The average Bonchev–Trinajstić information content (AvgIpc) is 2.56. The fourth-order valence-electron chi connectivity index (χ4n) is 1.56. The van der Waals surface area contributed by atoms with Crippen LogP contribution in [0.15, 0.2) is 46.7 Å². The van der Waals surface area contributed by atoms with Gasteiger partial charge in [-0.05, 0) is 18.2 Å². The van der Waals surface area contributed by atoms with Crippen molar-refractivity contribution >= 4 is 35.2 Å². The lowest BCUT2D eigenvalue weighted by molar-refractivity contribution is -0.393. The molecule has 0 bridgehead atoms. The Hall–Kier alpha value is -4.29. The summed E-state index contributed by atoms with van der Waals surface area (Å²) < 4.78 is 0. The summed E-state index contributed by atoms with van der Waals surface area (Å²) in [5.74, 6) is -3.20. The Morgan fingerprint density at radius 2 is 1.81 bits per heavy atom. The van der Waals surface area contributed by atoms with Crippen LogP contribution >= 0.6 is 0 Å². The van der Waals surface area contributed by atoms with Gasteiger partial charge in [-0.2, -0.15) is 5.10 Å². The predicted molar refractivity (Wildman–Crippen MR) is 87.5 cm³/mol. The van der Waals surface area contributed by atoms with Gasteiger partial charge in [0.15, 0.2) is 0 Å². The van der Waals surface area contributed by atoms with Gasteiger partial charge in [0.25, 0.3) is 5.69 Å². The summed E-state index contributed by atoms with van der Waals surface area (Å²) in [6.07, 6.45) is 2.87. The molecule has 0 amide bonds. The molecule has 0 aromatic heterocycles. The van der Waals surface area contributed by atoms with Crippen molar-refractivity contribution in [3.63, 3.8) is 0 Å². The smallest absolute Gasteiger partial charge is 0.352 e. The summed E-state index contributed by atoms with van der Waals surface area (Å²) in [6, 6.07) is 2.84. The van der Waals surface area contributed by atoms with Crippen LogP contribution in [0.2, 0.25) is 0 Å². The summed E-state index contributed by atoms with van der Waals surface area (Å²) >= 11 is 0. The molecule has 0 radical (unpaired) electrons. The van der Waals surface area contributed by atoms with Gasteiger partial charge in [0, 0.05) is 12.3 Å². The fourth-order valence-corrected chi connectivity index (χ4v) is 1.56. The summed E-state index contributed by atoms with van der Waals surface area (Å²) in [4.78, 5) is 41.5. The number of rotatable bonds is 8. The van der Waals surface area contributed by atoms with Crippen molar-refractivity contribution in [1.82, 2.24) is 0 Å². The van der Waals surface area contributed by atoms with E-state index < -0.39 is 44.4 Å². The van der Waals surface area contributed by atoms with Crippen LogP contribution in [0.5, 0.6) is 0 Å². The Kier molecular flexibility index (Phi) is 6.48. The highest BCUT2D eigenvalue weighted by molar-refractivity contribution is 6.00. The third-order valence-electron chi connectivity index (χ3n) is 2.75. The zero-order chi connectivity index (χ0) is 19.9. The quantitative estimate of drug-likeness (QED) is 0.167. The van der Waals surface area contributed by atoms with Crippen LogP contribution in [0.4, 0.5) is 17.1 Å². The van der Waals surface area contributed by atoms with E-state index in [0.717, 1.165) is 36.6 Å². The van der Waals surface area contributed by atoms with Crippen LogP contribution in [-0.2, 0) is 9.59 Å². The number of nitrogens with zero attached hydrogens (tertiary/aromatic N) is 3. The topological polar surface area (TPSA) is 211 Å². The molecule has 0 fully saturated rings. The van der Waals surface area contributed by atoms with Crippen LogP contribution in [0.3, 0.4) is 0 Å². The van der Waals surface area contributed by atoms with Crippen molar-refractivity contribution in [2.75, 3.05) is 5.43 Å². The number of carboxylic acids is 2. The first-order valence-electron chi connectivity index (χ1n) is 6.50. The van der Waals surface area contributed by atoms with Gasteiger partial charge in [0.2, 0.25) is 0 Å². The maximum atomic E-state index is 10.9. The molecule has 0 saturated carbocycles. The molecule has 1 rings (SSSR count). The molecule has 0 atom stereocenters. The highest BCUT2D eigenvalue weighted by Crippen LogP contribution is 2.28. The van der Waals surface area contributed by atoms with Crippen LogP contribution < -0.4 is 11.2 Å². The van der Waals surface area contributed by atoms with Crippen molar-refractivity contribution in [2.24, 2.45) is 10.8 Å². The largest absolute Gasteiger partial charge is 0.478 e. The van der Waals surface area contributed by atoms with Crippen LogP contribution in [0, 0.1) is 20.2 Å². The number of nitro benzene ring substituents is 2. The average molecular weight is 365 g/mol. The minimum Gasteiger partial charge on any atom is -0.478 e. The molecule has 1 aromatic rings. The normalized spacial score (nSPS) is 12.0. The van der Waals surface area contributed by atoms with E-state index in [0.29, 0.717) is 0 Å². The second-order valence-electron chi connectivity index (χ2n) is 4.40. The molecular weight excluding hydrogens is 354 g/mol. The van der Waals surface area contributed by atoms with E-state index >= 15 is 0 Å². The first kappa shape index (κ1) is 19.8. The molecule has 26 heavy (non-hydrogen) atoms. The van der Waals surface area contributed by atoms with E-state index in [1.165, 1.54) is 0 Å². The Balaban J connectivity index is 2.97. The molecule has 1 aromatic carbocycles. The Labute approximate surface area is 144 Å². The second-order valence-corrected chi connectivity index (χ2v) is 4.40. The highest BCUT2D eigenvalue weighted by Gasteiger charge is 2.19. The lowest BCUT2D eigenvalue weighted by Crippen LogP contribution is -2.16. The molecule has 0 aliphatic carbocycles. The number of carboxylic acid groups (broad SMARTS) is 2. The SMILES string of the molecule is NC(C(=O)O)=C(C=CC=NNc1ccc([N+](=O)[O-])cc1[N+](=O)[O-])C(=O)O. The van der Waals surface area contributed by atoms with E-state index in [4.69, 9.17) is 15.9 Å². The van der Waals surface area contributed by atoms with Gasteiger partial charge in [-0.15, -0.1) is 0 Å². The second kappa shape index (κ2) is 8.53. The van der Waals surface area contributed by atoms with Gasteiger partial charge >= 0.3 is 17.6 Å². The van der Waals surface area contributed by atoms with E-state index in [1.807, 2.05) is 0 Å². The van der Waals surface area contributed by atoms with Crippen LogP contribution in [0.1, 0.15) is 0 Å². The molecule has 13 heteroatoms. The monoisotopic (exact) mass is 365 g/mol. The van der Waals surface area contributed by atoms with Crippen LogP contribution in [0.25, 0.3) is 0 Å². The number of benzene rings is 1. The first-order valence-corrected chi connectivity index (χ1v) is 6.50. The molecule has 0 heterocycles. The van der Waals surface area contributed by atoms with Crippen molar-refractivity contribution in [3.05, 3.63) is 61.8 Å². The number of hydrazone groups is 1. The van der Waals surface area contributed by atoms with Crippen molar-refractivity contribution in [3.8, 4) is 0 Å². The number of non-ortho nitro benzene ring substituents is 1. The number of allylic oxidation sites excluding steroid dienone is 1. The lowest BCUT2D eigenvalue weighted by Gasteiger charge is -2.01. The molecule has 136 valence electrons. The van der Waals surface area contributed by atoms with Crippen LogP contribution in [-0.4, -0.2) is 38.2 Å². The molecule has 0 aliphatic heterocycles. The number of aliphatic carboxylic acids is 2. The van der Waals surface area contributed by atoms with Gasteiger partial charge < -0.3 is 15.9 Å². The van der Waals surface area contributed by atoms with Crippen molar-refractivity contribution in [1.29, 1.82) is 0 Å². The number of hydrogen-bond acceptors (Lipinski definition) is 9. The standard InChI is InChI=1S/C13H11N5O8/c14-11(13(21)22)8(12(19)20)2-1-5-15-16-9-4-3-7(17(23)24)6-10(9)18(25)26/h1-6,16H,14H2,(H,19,20)(H,21,22). The number of nitro groups is 2. The molecule has 0 saturated heterocycles. The summed E-state index contributed by atoms with van der Waals surface area (Å²) in [6.45, 7) is 0. The summed E-state index contributed by atoms with van der Waals surface area (Å²) in [5, 5.41) is 42.6. The van der Waals surface area contributed by atoms with Gasteiger partial charge in [0.05, 0.1) is 21.5 Å². The third kappa shape index (κ3) is 5.12. The molecule has 0 unspecified atom stereocenters. The maximum absolute atomic E-state index is 10.9. The lowest BCUT2D eigenvalue weighted by atomic mass is 10.2. The van der Waals surface area contributed by atoms with Crippen molar-refractivity contribution in [2.45, 2.75) is 0 Å². The minimum atomic E-state index is -1.62. The predicted octanol–water partition coefficient (Wildman–Crippen LogP) is 0.839. The minimum absolute atomic E-state index is 0.149. The van der Waals surface area contributed by atoms with Gasteiger partial charge in [-0.3, -0.25) is 25.7 Å². The molecule has 0 aliphatic rings. The number of anilines is 1. The molecular formula is C13H11N5O8. The van der Waals surface area contributed by atoms with E-state index in [9.17, 15) is 29.8 Å². The number of hydrogen-bond donors (Lipinski definition) is 4. The maximum Gasteiger partial charge on any atom is 0.352 e. The van der Waals surface area contributed by atoms with E-state index in [2.05, 4.69) is 10.5 Å². The van der Waals surface area contributed by atoms with Gasteiger partial charge in [0.1, 0.15) is 11.4 Å². The van der Waals surface area contributed by atoms with Gasteiger partial charge in [-0.1, -0.05) is 0 Å². The highest BCUT2D eigenvalue weighted by atomic mass is 16.6. The Morgan fingerprint density at radius 3 is 2.31 bits per heavy atom. The molecule has 5 N–H and O–H groups in total. The van der Waals surface area contributed by atoms with Crippen molar-refractivity contribution < 1.29 is 29.6 Å². The van der Waals surface area contributed by atoms with E-state index in [1.54, 1.807) is 0 Å². The number of carbonyl (C=O) groups is 2. The third-order valence-corrected chi connectivity index (χ3v) is 2.75. The number of nitrogens with two attached hydrogens (primary N) is 1. The zero-order valence-corrected chi connectivity index (χ0v) is 12.7. The zero-order valence-electron chi connectivity index (χ0n) is 12.7. The summed E-state index contributed by atoms with van der Waals surface area (Å²) in [7, 11) is 0. The fraction of sp³-hybridized carbons (Fsp3) is 0. The summed E-state index contributed by atoms with van der Waals surface area (Å²) in [5.41, 5.74) is 4.57. The number of nitrogens with one attached hydrogen (secondary N) is 1. The molecule has 0 spiro atoms. The van der Waals surface area contributed by atoms with E-state index in [-0.39, 0.29) is 5.69 Å². The Bertz CT molecular complexity index is 858. The molecule has 13 nitrogen and oxygen atoms in total. The van der Waals surface area contributed by atoms with Gasteiger partial charge in [-0.25, -0.2) is 9.59 Å².